The Balaban J connectivity index is 4.64. The highest BCUT2D eigenvalue weighted by Crippen LogP contribution is 2.13. The molecule has 2 atom stereocenters. The van der Waals surface area contributed by atoms with Gasteiger partial charge in [0.05, 0.1) is 0 Å². The van der Waals surface area contributed by atoms with Gasteiger partial charge in [0.15, 0.2) is 0 Å². The zero-order valence-corrected chi connectivity index (χ0v) is 9.10. The first kappa shape index (κ1) is 13.5. The Labute approximate surface area is 88.2 Å². The summed E-state index contributed by atoms with van der Waals surface area (Å²) in [6, 6.07) is -0.727. The van der Waals surface area contributed by atoms with E-state index in [0.717, 1.165) is 0 Å². The minimum absolute atomic E-state index is 0.0423. The molecule has 1 N–H and O–H groups in total. The van der Waals surface area contributed by atoms with Crippen LogP contribution in [0.15, 0.2) is 0 Å². The third kappa shape index (κ3) is 5.09. The monoisotopic (exact) mass is 216 g/mol. The highest BCUT2D eigenvalue weighted by molar-refractivity contribution is 5.74. The van der Waals surface area contributed by atoms with Crippen molar-refractivity contribution < 1.29 is 14.5 Å². The van der Waals surface area contributed by atoms with Crippen molar-refractivity contribution in [3.63, 3.8) is 0 Å². The molecule has 0 saturated heterocycles. The van der Waals surface area contributed by atoms with Gasteiger partial charge in [0, 0.05) is 17.8 Å². The Kier molecular flexibility index (Phi) is 5.51. The van der Waals surface area contributed by atoms with Crippen LogP contribution in [-0.2, 0) is 9.59 Å². The van der Waals surface area contributed by atoms with Crippen molar-refractivity contribution in [2.24, 2.45) is 11.8 Å². The summed E-state index contributed by atoms with van der Waals surface area (Å²) in [4.78, 5) is 31.5. The zero-order chi connectivity index (χ0) is 12.0. The standard InChI is InChI=1S/C9H16N2O4/c1-6(2)8(5-12)9(4-11(14)15)10-7(3)13/h5-6,8-9H,4H2,1-3H3,(H,10,13)/t8-,9-/m1/s1. The second kappa shape index (κ2) is 6.10. The maximum Gasteiger partial charge on any atom is 0.224 e. The molecular formula is C9H16N2O4. The second-order valence-corrected chi connectivity index (χ2v) is 3.78. The van der Waals surface area contributed by atoms with Crippen LogP contribution in [0.5, 0.6) is 0 Å². The Hall–Kier alpha value is -1.46. The summed E-state index contributed by atoms with van der Waals surface area (Å²) in [7, 11) is 0. The molecular weight excluding hydrogens is 200 g/mol. The molecule has 86 valence electrons. The number of nitro groups is 1. The fourth-order valence-corrected chi connectivity index (χ4v) is 1.40. The number of nitrogens with one attached hydrogen (secondary N) is 1. The molecule has 0 bridgehead atoms. The summed E-state index contributed by atoms with van der Waals surface area (Å²) >= 11 is 0. The molecule has 0 rings (SSSR count). The van der Waals surface area contributed by atoms with Gasteiger partial charge in [-0.15, -0.1) is 0 Å². The van der Waals surface area contributed by atoms with Crippen molar-refractivity contribution in [3.8, 4) is 0 Å². The van der Waals surface area contributed by atoms with Crippen molar-refractivity contribution >= 4 is 12.2 Å². The van der Waals surface area contributed by atoms with Crippen molar-refractivity contribution in [3.05, 3.63) is 10.1 Å². The van der Waals surface area contributed by atoms with Crippen LogP contribution in [0.1, 0.15) is 20.8 Å². The van der Waals surface area contributed by atoms with E-state index in [1.54, 1.807) is 13.8 Å². The van der Waals surface area contributed by atoms with E-state index in [2.05, 4.69) is 5.32 Å². The molecule has 0 aromatic carbocycles. The van der Waals surface area contributed by atoms with Crippen LogP contribution < -0.4 is 5.32 Å². The number of nitrogens with zero attached hydrogens (tertiary/aromatic N) is 1. The van der Waals surface area contributed by atoms with Gasteiger partial charge in [-0.25, -0.2) is 0 Å². The predicted molar refractivity (Wildman–Crippen MR) is 53.9 cm³/mol. The number of amides is 1. The molecule has 0 aliphatic carbocycles. The maximum absolute atomic E-state index is 10.8. The average molecular weight is 216 g/mol. The second-order valence-electron chi connectivity index (χ2n) is 3.78. The molecule has 0 aliphatic rings. The van der Waals surface area contributed by atoms with Gasteiger partial charge in [-0.3, -0.25) is 14.9 Å². The lowest BCUT2D eigenvalue weighted by atomic mass is 9.89. The third-order valence-corrected chi connectivity index (χ3v) is 2.13. The molecule has 0 radical (unpaired) electrons. The first-order valence-corrected chi connectivity index (χ1v) is 4.72. The first-order chi connectivity index (χ1) is 6.88. The third-order valence-electron chi connectivity index (χ3n) is 2.13. The Morgan fingerprint density at radius 3 is 2.33 bits per heavy atom. The van der Waals surface area contributed by atoms with Gasteiger partial charge < -0.3 is 10.1 Å². The van der Waals surface area contributed by atoms with Crippen molar-refractivity contribution in [1.29, 1.82) is 0 Å². The van der Waals surface area contributed by atoms with Gasteiger partial charge in [-0.2, -0.15) is 0 Å². The SMILES string of the molecule is CC(=O)N[C@H](C[N+](=O)[O-])[C@H](C=O)C(C)C. The number of hydrogen-bond donors (Lipinski definition) is 1. The van der Waals surface area contributed by atoms with Gasteiger partial charge in [0.1, 0.15) is 12.3 Å². The number of carbonyl (C=O) groups is 2. The molecule has 1 amide bonds. The van der Waals surface area contributed by atoms with Crippen molar-refractivity contribution in [2.75, 3.05) is 6.54 Å². The Morgan fingerprint density at radius 2 is 2.07 bits per heavy atom. The first-order valence-electron chi connectivity index (χ1n) is 4.72. The minimum Gasteiger partial charge on any atom is -0.346 e. The van der Waals surface area contributed by atoms with E-state index in [4.69, 9.17) is 0 Å². The lowest BCUT2D eigenvalue weighted by molar-refractivity contribution is -0.484. The van der Waals surface area contributed by atoms with Crippen LogP contribution in [-0.4, -0.2) is 29.7 Å². The molecule has 0 heterocycles. The largest absolute Gasteiger partial charge is 0.346 e. The van der Waals surface area contributed by atoms with Crippen LogP contribution in [0, 0.1) is 22.0 Å². The lowest BCUT2D eigenvalue weighted by Gasteiger charge is -2.22. The van der Waals surface area contributed by atoms with Gasteiger partial charge >= 0.3 is 0 Å². The van der Waals surface area contributed by atoms with Gasteiger partial charge in [0.2, 0.25) is 12.5 Å². The quantitative estimate of drug-likeness (QED) is 0.391. The molecule has 6 nitrogen and oxygen atoms in total. The van der Waals surface area contributed by atoms with Crippen LogP contribution in [0.25, 0.3) is 0 Å². The molecule has 0 aromatic heterocycles. The van der Waals surface area contributed by atoms with Crippen LogP contribution in [0.2, 0.25) is 0 Å². The maximum atomic E-state index is 10.8. The van der Waals surface area contributed by atoms with Gasteiger partial charge in [0.25, 0.3) is 0 Å². The molecule has 6 heteroatoms. The summed E-state index contributed by atoms with van der Waals surface area (Å²) in [5.41, 5.74) is 0. The summed E-state index contributed by atoms with van der Waals surface area (Å²) < 4.78 is 0. The molecule has 0 fully saturated rings. The minimum atomic E-state index is -0.727. The van der Waals surface area contributed by atoms with E-state index in [-0.39, 0.29) is 11.8 Å². The number of carbonyl (C=O) groups excluding carboxylic acids is 2. The molecule has 0 aromatic rings. The smallest absolute Gasteiger partial charge is 0.224 e. The van der Waals surface area contributed by atoms with Crippen LogP contribution in [0.3, 0.4) is 0 Å². The fraction of sp³-hybridized carbons (Fsp3) is 0.778. The van der Waals surface area contributed by atoms with Gasteiger partial charge in [-0.05, 0) is 5.92 Å². The topological polar surface area (TPSA) is 89.3 Å². The molecule has 0 aliphatic heterocycles. The van der Waals surface area contributed by atoms with E-state index in [1.165, 1.54) is 6.92 Å². The summed E-state index contributed by atoms with van der Waals surface area (Å²) in [6.07, 6.45) is 0.661. The summed E-state index contributed by atoms with van der Waals surface area (Å²) in [5, 5.41) is 12.8. The predicted octanol–water partition coefficient (Wildman–Crippen LogP) is 0.239. The molecule has 0 spiro atoms. The molecule has 0 unspecified atom stereocenters. The number of rotatable bonds is 6. The zero-order valence-electron chi connectivity index (χ0n) is 9.10. The van der Waals surface area contributed by atoms with E-state index >= 15 is 0 Å². The summed E-state index contributed by atoms with van der Waals surface area (Å²) in [6.45, 7) is 4.41. The van der Waals surface area contributed by atoms with Crippen molar-refractivity contribution in [2.45, 2.75) is 26.8 Å². The fourth-order valence-electron chi connectivity index (χ4n) is 1.40. The molecule has 0 saturated carbocycles. The van der Waals surface area contributed by atoms with Crippen molar-refractivity contribution in [1.82, 2.24) is 5.32 Å². The van der Waals surface area contributed by atoms with E-state index < -0.39 is 23.4 Å². The average Bonchev–Trinajstić information content (AvgIpc) is 2.01. The highest BCUT2D eigenvalue weighted by Gasteiger charge is 2.28. The number of aldehydes is 1. The lowest BCUT2D eigenvalue weighted by Crippen LogP contribution is -2.46. The Morgan fingerprint density at radius 1 is 1.53 bits per heavy atom. The van der Waals surface area contributed by atoms with Gasteiger partial charge in [-0.1, -0.05) is 13.8 Å². The number of hydrogen-bond acceptors (Lipinski definition) is 4. The van der Waals surface area contributed by atoms with E-state index in [1.807, 2.05) is 0 Å². The Bertz CT molecular complexity index is 236. The summed E-state index contributed by atoms with van der Waals surface area (Å²) in [5.74, 6) is -0.937. The highest BCUT2D eigenvalue weighted by atomic mass is 16.6. The normalized spacial score (nSPS) is 14.4. The van der Waals surface area contributed by atoms with Crippen LogP contribution in [0.4, 0.5) is 0 Å². The van der Waals surface area contributed by atoms with E-state index in [0.29, 0.717) is 6.29 Å². The molecule has 15 heavy (non-hydrogen) atoms. The van der Waals surface area contributed by atoms with Crippen LogP contribution >= 0.6 is 0 Å². The van der Waals surface area contributed by atoms with E-state index in [9.17, 15) is 19.7 Å².